The predicted octanol–water partition coefficient (Wildman–Crippen LogP) is 2.24. The number of aromatic nitrogens is 2. The summed E-state index contributed by atoms with van der Waals surface area (Å²) in [5, 5.41) is 0. The van der Waals surface area contributed by atoms with E-state index in [4.69, 9.17) is 0 Å². The van der Waals surface area contributed by atoms with E-state index in [1.165, 1.54) is 16.4 Å². The Bertz CT molecular complexity index is 627. The first-order chi connectivity index (χ1) is 8.59. The fourth-order valence-corrected chi connectivity index (χ4v) is 3.18. The van der Waals surface area contributed by atoms with Gasteiger partial charge in [-0.25, -0.2) is 17.4 Å². The summed E-state index contributed by atoms with van der Waals surface area (Å²) in [5.74, 6) is 0.551. The molecule has 1 aromatic carbocycles. The van der Waals surface area contributed by atoms with Crippen molar-refractivity contribution in [3.05, 3.63) is 48.0 Å². The fourth-order valence-electron chi connectivity index (χ4n) is 1.80. The first kappa shape index (κ1) is 12.8. The van der Waals surface area contributed by atoms with Gasteiger partial charge in [-0.15, -0.1) is 0 Å². The molecule has 4 nitrogen and oxygen atoms in total. The van der Waals surface area contributed by atoms with Crippen molar-refractivity contribution >= 4 is 10.0 Å². The summed E-state index contributed by atoms with van der Waals surface area (Å²) in [5.41, 5.74) is 1.12. The molecule has 0 amide bonds. The summed E-state index contributed by atoms with van der Waals surface area (Å²) in [6, 6.07) is 6.98. The van der Waals surface area contributed by atoms with Crippen molar-refractivity contribution in [2.75, 3.05) is 0 Å². The molecular formula is C13H16N2O2S. The molecule has 0 saturated carbocycles. The monoisotopic (exact) mass is 264 g/mol. The van der Waals surface area contributed by atoms with Crippen LogP contribution < -0.4 is 0 Å². The lowest BCUT2D eigenvalue weighted by atomic mass is 10.2. The minimum Gasteiger partial charge on any atom is -0.241 e. The van der Waals surface area contributed by atoms with Crippen molar-refractivity contribution in [3.63, 3.8) is 0 Å². The molecule has 0 N–H and O–H groups in total. The van der Waals surface area contributed by atoms with Crippen LogP contribution in [0.3, 0.4) is 0 Å². The van der Waals surface area contributed by atoms with E-state index in [0.717, 1.165) is 12.0 Å². The number of imidazole rings is 1. The molecule has 18 heavy (non-hydrogen) atoms. The van der Waals surface area contributed by atoms with Gasteiger partial charge in [-0.2, -0.15) is 0 Å². The lowest BCUT2D eigenvalue weighted by Gasteiger charge is -2.08. The Hall–Kier alpha value is -1.62. The van der Waals surface area contributed by atoms with Gasteiger partial charge in [0.05, 0.1) is 4.90 Å². The first-order valence-corrected chi connectivity index (χ1v) is 7.40. The van der Waals surface area contributed by atoms with Crippen LogP contribution in [0, 0.1) is 0 Å². The zero-order valence-electron chi connectivity index (χ0n) is 10.5. The van der Waals surface area contributed by atoms with Gasteiger partial charge in [-0.3, -0.25) is 0 Å². The number of hydrogen-bond acceptors (Lipinski definition) is 3. The lowest BCUT2D eigenvalue weighted by molar-refractivity contribution is 0.584. The second-order valence-corrected chi connectivity index (χ2v) is 5.81. The maximum absolute atomic E-state index is 12.4. The van der Waals surface area contributed by atoms with E-state index >= 15 is 0 Å². The van der Waals surface area contributed by atoms with Crippen LogP contribution in [-0.2, 0) is 22.9 Å². The Balaban J connectivity index is 2.48. The molecule has 0 aliphatic carbocycles. The topological polar surface area (TPSA) is 52.0 Å². The average Bonchev–Trinajstić information content (AvgIpc) is 2.88. The standard InChI is InChI=1S/C13H16N2O2S/c1-3-11-5-7-12(8-6-11)18(16,17)15-10-9-14-13(15)4-2/h5-10H,3-4H2,1-2H3. The molecule has 1 heterocycles. The molecule has 0 saturated heterocycles. The van der Waals surface area contributed by atoms with Crippen molar-refractivity contribution in [1.82, 2.24) is 8.96 Å². The number of benzene rings is 1. The maximum Gasteiger partial charge on any atom is 0.269 e. The number of rotatable bonds is 4. The van der Waals surface area contributed by atoms with E-state index in [0.29, 0.717) is 17.1 Å². The number of hydrogen-bond donors (Lipinski definition) is 0. The zero-order chi connectivity index (χ0) is 13.2. The van der Waals surface area contributed by atoms with E-state index in [-0.39, 0.29) is 0 Å². The van der Waals surface area contributed by atoms with Crippen LogP contribution in [0.1, 0.15) is 25.2 Å². The number of aryl methyl sites for hydroxylation is 2. The summed E-state index contributed by atoms with van der Waals surface area (Å²) < 4.78 is 26.0. The Morgan fingerprint density at radius 3 is 2.33 bits per heavy atom. The van der Waals surface area contributed by atoms with E-state index < -0.39 is 10.0 Å². The van der Waals surface area contributed by atoms with E-state index in [9.17, 15) is 8.42 Å². The molecule has 0 spiro atoms. The highest BCUT2D eigenvalue weighted by Gasteiger charge is 2.19. The van der Waals surface area contributed by atoms with Gasteiger partial charge in [0.25, 0.3) is 10.0 Å². The van der Waals surface area contributed by atoms with Gasteiger partial charge in [-0.1, -0.05) is 26.0 Å². The minimum absolute atomic E-state index is 0.299. The van der Waals surface area contributed by atoms with Crippen molar-refractivity contribution < 1.29 is 8.42 Å². The van der Waals surface area contributed by atoms with Crippen LogP contribution in [0.15, 0.2) is 41.6 Å². The Labute approximate surface area is 107 Å². The van der Waals surface area contributed by atoms with E-state index in [1.54, 1.807) is 12.1 Å². The Morgan fingerprint density at radius 1 is 1.11 bits per heavy atom. The van der Waals surface area contributed by atoms with Gasteiger partial charge in [0, 0.05) is 18.8 Å². The lowest BCUT2D eigenvalue weighted by Crippen LogP contribution is -2.15. The van der Waals surface area contributed by atoms with Crippen molar-refractivity contribution in [1.29, 1.82) is 0 Å². The van der Waals surface area contributed by atoms with E-state index in [2.05, 4.69) is 4.98 Å². The molecule has 1 aromatic heterocycles. The Kier molecular flexibility index (Phi) is 3.52. The summed E-state index contributed by atoms with van der Waals surface area (Å²) >= 11 is 0. The van der Waals surface area contributed by atoms with Gasteiger partial charge in [-0.05, 0) is 24.1 Å². The smallest absolute Gasteiger partial charge is 0.241 e. The predicted molar refractivity (Wildman–Crippen MR) is 70.0 cm³/mol. The minimum atomic E-state index is -3.51. The second kappa shape index (κ2) is 4.94. The molecule has 0 aliphatic rings. The number of nitrogens with zero attached hydrogens (tertiary/aromatic N) is 2. The van der Waals surface area contributed by atoms with Gasteiger partial charge < -0.3 is 0 Å². The summed E-state index contributed by atoms with van der Waals surface area (Å²) in [7, 11) is -3.51. The zero-order valence-corrected chi connectivity index (χ0v) is 11.3. The van der Waals surface area contributed by atoms with Gasteiger partial charge in [0.2, 0.25) is 0 Å². The van der Waals surface area contributed by atoms with Crippen molar-refractivity contribution in [2.45, 2.75) is 31.6 Å². The summed E-state index contributed by atoms with van der Waals surface area (Å²) in [6.45, 7) is 3.92. The maximum atomic E-state index is 12.4. The van der Waals surface area contributed by atoms with Crippen LogP contribution in [0.4, 0.5) is 0 Å². The largest absolute Gasteiger partial charge is 0.269 e. The van der Waals surface area contributed by atoms with Crippen molar-refractivity contribution in [3.8, 4) is 0 Å². The molecule has 5 heteroatoms. The third-order valence-corrected chi connectivity index (χ3v) is 4.60. The third kappa shape index (κ3) is 2.18. The highest BCUT2D eigenvalue weighted by Crippen LogP contribution is 2.16. The second-order valence-electron chi connectivity index (χ2n) is 4.00. The molecule has 0 unspecified atom stereocenters. The van der Waals surface area contributed by atoms with Crippen LogP contribution in [-0.4, -0.2) is 17.4 Å². The quantitative estimate of drug-likeness (QED) is 0.851. The molecule has 0 bridgehead atoms. The van der Waals surface area contributed by atoms with Gasteiger partial charge in [0.1, 0.15) is 5.82 Å². The summed E-state index contributed by atoms with van der Waals surface area (Å²) in [4.78, 5) is 4.34. The van der Waals surface area contributed by atoms with Crippen LogP contribution in [0.2, 0.25) is 0 Å². The van der Waals surface area contributed by atoms with Crippen LogP contribution in [0.25, 0.3) is 0 Å². The molecule has 96 valence electrons. The first-order valence-electron chi connectivity index (χ1n) is 5.96. The van der Waals surface area contributed by atoms with E-state index in [1.807, 2.05) is 26.0 Å². The summed E-state index contributed by atoms with van der Waals surface area (Å²) in [6.07, 6.45) is 4.48. The molecule has 2 rings (SSSR count). The van der Waals surface area contributed by atoms with Gasteiger partial charge >= 0.3 is 0 Å². The molecule has 0 fully saturated rings. The molecule has 2 aromatic rings. The molecular weight excluding hydrogens is 248 g/mol. The SMILES string of the molecule is CCc1ccc(S(=O)(=O)n2ccnc2CC)cc1. The van der Waals surface area contributed by atoms with Crippen LogP contribution in [0.5, 0.6) is 0 Å². The fraction of sp³-hybridized carbons (Fsp3) is 0.308. The highest BCUT2D eigenvalue weighted by molar-refractivity contribution is 7.90. The highest BCUT2D eigenvalue weighted by atomic mass is 32.2. The third-order valence-electron chi connectivity index (χ3n) is 2.88. The average molecular weight is 264 g/mol. The van der Waals surface area contributed by atoms with Crippen LogP contribution >= 0.6 is 0 Å². The van der Waals surface area contributed by atoms with Crippen molar-refractivity contribution in [2.24, 2.45) is 0 Å². The Morgan fingerprint density at radius 2 is 1.78 bits per heavy atom. The van der Waals surface area contributed by atoms with Gasteiger partial charge in [0.15, 0.2) is 0 Å². The molecule has 0 radical (unpaired) electrons. The molecule has 0 atom stereocenters. The normalized spacial score (nSPS) is 11.7. The molecule has 0 aliphatic heterocycles.